The molecule has 1 aromatic carbocycles. The van der Waals surface area contributed by atoms with Crippen molar-refractivity contribution in [1.82, 2.24) is 9.55 Å². The maximum Gasteiger partial charge on any atom is 0.0955 e. The lowest BCUT2D eigenvalue weighted by Crippen LogP contribution is -2.06. The third-order valence-corrected chi connectivity index (χ3v) is 3.52. The molecule has 2 aromatic rings. The fourth-order valence-electron chi connectivity index (χ4n) is 2.57. The Labute approximate surface area is 101 Å². The van der Waals surface area contributed by atoms with Gasteiger partial charge in [0.15, 0.2) is 0 Å². The Bertz CT molecular complexity index is 504. The minimum Gasteiger partial charge on any atom is -0.394 e. The van der Waals surface area contributed by atoms with Crippen LogP contribution in [0.5, 0.6) is 0 Å². The third-order valence-electron chi connectivity index (χ3n) is 3.52. The molecule has 0 bridgehead atoms. The van der Waals surface area contributed by atoms with Crippen LogP contribution in [0.4, 0.5) is 0 Å². The van der Waals surface area contributed by atoms with Gasteiger partial charge in [0.25, 0.3) is 0 Å². The lowest BCUT2D eigenvalue weighted by atomic mass is 10.1. The zero-order valence-electron chi connectivity index (χ0n) is 9.71. The molecule has 0 saturated carbocycles. The first-order chi connectivity index (χ1) is 8.38. The number of fused-ring (bicyclic) bond motifs is 1. The van der Waals surface area contributed by atoms with Crippen molar-refractivity contribution >= 4 is 0 Å². The highest BCUT2D eigenvalue weighted by molar-refractivity contribution is 5.26. The van der Waals surface area contributed by atoms with Crippen LogP contribution in [0.2, 0.25) is 0 Å². The second-order valence-electron chi connectivity index (χ2n) is 4.58. The summed E-state index contributed by atoms with van der Waals surface area (Å²) >= 11 is 0. The maximum atomic E-state index is 9.26. The average Bonchev–Trinajstić information content (AvgIpc) is 2.93. The van der Waals surface area contributed by atoms with Crippen LogP contribution >= 0.6 is 0 Å². The van der Waals surface area contributed by atoms with Crippen LogP contribution in [0.3, 0.4) is 0 Å². The molecule has 2 heterocycles. The number of hydrogen-bond acceptors (Lipinski definition) is 2. The van der Waals surface area contributed by atoms with E-state index >= 15 is 0 Å². The molecule has 1 aromatic heterocycles. The molecule has 0 fully saturated rings. The zero-order chi connectivity index (χ0) is 11.7. The van der Waals surface area contributed by atoms with Gasteiger partial charge in [0.05, 0.1) is 24.7 Å². The van der Waals surface area contributed by atoms with Gasteiger partial charge in [-0.25, -0.2) is 4.98 Å². The smallest absolute Gasteiger partial charge is 0.0955 e. The summed E-state index contributed by atoms with van der Waals surface area (Å²) in [5.41, 5.74) is 3.75. The molecule has 1 atom stereocenters. The van der Waals surface area contributed by atoms with Gasteiger partial charge in [0.2, 0.25) is 0 Å². The molecule has 1 unspecified atom stereocenters. The first kappa shape index (κ1) is 10.5. The largest absolute Gasteiger partial charge is 0.394 e. The van der Waals surface area contributed by atoms with Crippen molar-refractivity contribution < 1.29 is 5.11 Å². The van der Waals surface area contributed by atoms with Crippen LogP contribution in [-0.4, -0.2) is 21.3 Å². The Morgan fingerprint density at radius 3 is 2.88 bits per heavy atom. The summed E-state index contributed by atoms with van der Waals surface area (Å²) in [6.45, 7) is 0.216. The first-order valence-corrected chi connectivity index (χ1v) is 6.08. The van der Waals surface area contributed by atoms with Gasteiger partial charge in [0.1, 0.15) is 0 Å². The summed E-state index contributed by atoms with van der Waals surface area (Å²) in [6, 6.07) is 10.6. The molecule has 0 radical (unpaired) electrons. The van der Waals surface area contributed by atoms with Crippen molar-refractivity contribution in [3.05, 3.63) is 53.6 Å². The van der Waals surface area contributed by atoms with Crippen LogP contribution in [-0.2, 0) is 12.8 Å². The number of nitrogens with zero attached hydrogens (tertiary/aromatic N) is 2. The van der Waals surface area contributed by atoms with Gasteiger partial charge >= 0.3 is 0 Å². The quantitative estimate of drug-likeness (QED) is 0.872. The number of rotatable bonds is 3. The Morgan fingerprint density at radius 1 is 1.29 bits per heavy atom. The number of aromatic nitrogens is 2. The van der Waals surface area contributed by atoms with E-state index in [-0.39, 0.29) is 12.6 Å². The fraction of sp³-hybridized carbons (Fsp3) is 0.357. The Morgan fingerprint density at radius 2 is 2.12 bits per heavy atom. The normalized spacial score (nSPS) is 18.3. The molecular weight excluding hydrogens is 212 g/mol. The molecule has 3 heteroatoms. The van der Waals surface area contributed by atoms with Gasteiger partial charge in [0, 0.05) is 12.1 Å². The Hall–Kier alpha value is -1.61. The van der Waals surface area contributed by atoms with Crippen LogP contribution in [0.15, 0.2) is 36.7 Å². The van der Waals surface area contributed by atoms with E-state index in [1.807, 2.05) is 12.4 Å². The second-order valence-corrected chi connectivity index (χ2v) is 4.58. The van der Waals surface area contributed by atoms with Gasteiger partial charge in [-0.1, -0.05) is 30.3 Å². The molecule has 0 aliphatic carbocycles. The lowest BCUT2D eigenvalue weighted by Gasteiger charge is -2.07. The molecule has 1 aliphatic heterocycles. The summed E-state index contributed by atoms with van der Waals surface area (Å²) < 4.78 is 2.14. The monoisotopic (exact) mass is 228 g/mol. The molecule has 0 amide bonds. The summed E-state index contributed by atoms with van der Waals surface area (Å²) in [7, 11) is 0. The van der Waals surface area contributed by atoms with Gasteiger partial charge in [-0.05, 0) is 18.4 Å². The number of aliphatic hydroxyl groups is 1. The van der Waals surface area contributed by atoms with Gasteiger partial charge in [-0.2, -0.15) is 0 Å². The molecule has 0 saturated heterocycles. The second kappa shape index (κ2) is 4.34. The molecular formula is C14H16N2O. The highest BCUT2D eigenvalue weighted by Crippen LogP contribution is 2.28. The van der Waals surface area contributed by atoms with E-state index in [2.05, 4.69) is 33.8 Å². The van der Waals surface area contributed by atoms with E-state index in [4.69, 9.17) is 0 Å². The molecule has 1 N–H and O–H groups in total. The highest BCUT2D eigenvalue weighted by Gasteiger charge is 2.24. The summed E-state index contributed by atoms with van der Waals surface area (Å²) in [5.74, 6) is 0. The molecule has 17 heavy (non-hydrogen) atoms. The van der Waals surface area contributed by atoms with E-state index in [0.717, 1.165) is 25.0 Å². The van der Waals surface area contributed by atoms with Crippen molar-refractivity contribution in [2.45, 2.75) is 25.3 Å². The number of hydrogen-bond donors (Lipinski definition) is 1. The third kappa shape index (κ3) is 1.87. The Balaban J connectivity index is 1.86. The SMILES string of the molecule is OCC1CCc2c(Cc3ccccc3)ncn21. The first-order valence-electron chi connectivity index (χ1n) is 6.08. The summed E-state index contributed by atoms with van der Waals surface area (Å²) in [4.78, 5) is 4.48. The molecule has 1 aliphatic rings. The predicted octanol–water partition coefficient (Wildman–Crippen LogP) is 1.95. The van der Waals surface area contributed by atoms with E-state index in [1.54, 1.807) is 0 Å². The van der Waals surface area contributed by atoms with Crippen molar-refractivity contribution in [2.24, 2.45) is 0 Å². The van der Waals surface area contributed by atoms with E-state index < -0.39 is 0 Å². The number of imidazole rings is 1. The Kier molecular flexibility index (Phi) is 2.69. The minimum absolute atomic E-state index is 0.216. The van der Waals surface area contributed by atoms with Crippen molar-refractivity contribution in [3.8, 4) is 0 Å². The average molecular weight is 228 g/mol. The zero-order valence-corrected chi connectivity index (χ0v) is 9.71. The van der Waals surface area contributed by atoms with Gasteiger partial charge in [-0.15, -0.1) is 0 Å². The van der Waals surface area contributed by atoms with Crippen molar-refractivity contribution in [3.63, 3.8) is 0 Å². The molecule has 3 rings (SSSR count). The van der Waals surface area contributed by atoms with Gasteiger partial charge < -0.3 is 9.67 Å². The van der Waals surface area contributed by atoms with E-state index in [0.29, 0.717) is 0 Å². The van der Waals surface area contributed by atoms with Crippen molar-refractivity contribution in [2.75, 3.05) is 6.61 Å². The topological polar surface area (TPSA) is 38.1 Å². The van der Waals surface area contributed by atoms with Gasteiger partial charge in [-0.3, -0.25) is 0 Å². The standard InChI is InChI=1S/C14H16N2O/c17-9-12-6-7-14-13(15-10-16(12)14)8-11-4-2-1-3-5-11/h1-5,10,12,17H,6-9H2. The van der Waals surface area contributed by atoms with Crippen LogP contribution in [0, 0.1) is 0 Å². The van der Waals surface area contributed by atoms with Crippen LogP contribution < -0.4 is 0 Å². The molecule has 0 spiro atoms. The highest BCUT2D eigenvalue weighted by atomic mass is 16.3. The predicted molar refractivity (Wildman–Crippen MR) is 65.9 cm³/mol. The number of benzene rings is 1. The van der Waals surface area contributed by atoms with Crippen LogP contribution in [0.1, 0.15) is 29.4 Å². The molecule has 88 valence electrons. The number of aliphatic hydroxyl groups excluding tert-OH is 1. The van der Waals surface area contributed by atoms with Crippen LogP contribution in [0.25, 0.3) is 0 Å². The fourth-order valence-corrected chi connectivity index (χ4v) is 2.57. The van der Waals surface area contributed by atoms with Crippen molar-refractivity contribution in [1.29, 1.82) is 0 Å². The summed E-state index contributed by atoms with van der Waals surface area (Å²) in [5, 5.41) is 9.26. The lowest BCUT2D eigenvalue weighted by molar-refractivity contribution is 0.232. The summed E-state index contributed by atoms with van der Waals surface area (Å²) in [6.07, 6.45) is 4.84. The van der Waals surface area contributed by atoms with E-state index in [1.165, 1.54) is 11.3 Å². The van der Waals surface area contributed by atoms with E-state index in [9.17, 15) is 5.11 Å². The molecule has 3 nitrogen and oxygen atoms in total. The minimum atomic E-state index is 0.216. The maximum absolute atomic E-state index is 9.26.